The van der Waals surface area contributed by atoms with Crippen molar-refractivity contribution in [3.63, 3.8) is 0 Å². The first-order valence-electron chi connectivity index (χ1n) is 7.53. The fraction of sp³-hybridized carbons (Fsp3) is 0.0556. The van der Waals surface area contributed by atoms with Crippen LogP contribution in [0.1, 0.15) is 15.4 Å². The number of rotatable bonds is 4. The summed E-state index contributed by atoms with van der Waals surface area (Å²) in [5.41, 5.74) is 3.69. The van der Waals surface area contributed by atoms with Gasteiger partial charge in [0.25, 0.3) is 5.91 Å². The Kier molecular flexibility index (Phi) is 4.44. The Morgan fingerprint density at radius 3 is 2.64 bits per heavy atom. The van der Waals surface area contributed by atoms with Gasteiger partial charge in [0.05, 0.1) is 11.4 Å². The molecular formula is C18H13N3OS3. The van der Waals surface area contributed by atoms with Crippen LogP contribution in [0, 0.1) is 6.92 Å². The molecule has 1 amide bonds. The van der Waals surface area contributed by atoms with Gasteiger partial charge in [-0.1, -0.05) is 30.3 Å². The fourth-order valence-corrected chi connectivity index (χ4v) is 4.73. The number of nitrogens with one attached hydrogen (secondary N) is 1. The highest BCUT2D eigenvalue weighted by Crippen LogP contribution is 2.30. The summed E-state index contributed by atoms with van der Waals surface area (Å²) in [7, 11) is 0. The van der Waals surface area contributed by atoms with Crippen LogP contribution in [0.15, 0.2) is 52.5 Å². The third-order valence-electron chi connectivity index (χ3n) is 3.57. The summed E-state index contributed by atoms with van der Waals surface area (Å²) in [5.74, 6) is -0.162. The molecule has 1 N–H and O–H groups in total. The van der Waals surface area contributed by atoms with E-state index >= 15 is 0 Å². The average Bonchev–Trinajstić information content (AvgIpc) is 3.35. The van der Waals surface area contributed by atoms with Crippen molar-refractivity contribution in [1.82, 2.24) is 9.97 Å². The Hall–Kier alpha value is -2.35. The molecule has 4 aromatic rings. The van der Waals surface area contributed by atoms with E-state index in [0.29, 0.717) is 10.0 Å². The number of carbonyl (C=O) groups is 1. The molecule has 4 nitrogen and oxygen atoms in total. The maximum absolute atomic E-state index is 12.6. The predicted molar refractivity (Wildman–Crippen MR) is 106 cm³/mol. The predicted octanol–water partition coefficient (Wildman–Crippen LogP) is 5.56. The standard InChI is InChI=1S/C18H13N3OS3/c1-11-15(25-17(19-11)13-7-8-23-9-13)16(22)21-18-20-14(10-24-18)12-5-3-2-4-6-12/h2-10H,1H3,(H,20,21,22). The van der Waals surface area contributed by atoms with E-state index in [9.17, 15) is 4.79 Å². The zero-order chi connectivity index (χ0) is 17.2. The summed E-state index contributed by atoms with van der Waals surface area (Å²) in [6.45, 7) is 1.86. The fourth-order valence-electron chi connectivity index (χ4n) is 2.34. The lowest BCUT2D eigenvalue weighted by Crippen LogP contribution is -2.11. The van der Waals surface area contributed by atoms with Gasteiger partial charge < -0.3 is 0 Å². The van der Waals surface area contributed by atoms with E-state index in [0.717, 1.165) is 27.5 Å². The molecule has 0 atom stereocenters. The number of thiazole rings is 2. The highest BCUT2D eigenvalue weighted by atomic mass is 32.1. The third-order valence-corrected chi connectivity index (χ3v) is 6.21. The lowest BCUT2D eigenvalue weighted by Gasteiger charge is -1.99. The molecule has 0 aliphatic heterocycles. The minimum Gasteiger partial charge on any atom is -0.297 e. The molecule has 0 spiro atoms. The topological polar surface area (TPSA) is 54.9 Å². The SMILES string of the molecule is Cc1nc(-c2ccsc2)sc1C(=O)Nc1nc(-c2ccccc2)cs1. The molecule has 0 fully saturated rings. The van der Waals surface area contributed by atoms with Crippen molar-refractivity contribution in [2.24, 2.45) is 0 Å². The van der Waals surface area contributed by atoms with Crippen LogP contribution in [0.4, 0.5) is 5.13 Å². The smallest absolute Gasteiger partial charge is 0.269 e. The second-order valence-corrected chi connectivity index (χ2v) is 7.94. The van der Waals surface area contributed by atoms with E-state index in [1.165, 1.54) is 22.7 Å². The zero-order valence-electron chi connectivity index (χ0n) is 13.2. The first kappa shape index (κ1) is 16.1. The Bertz CT molecular complexity index is 1000. The van der Waals surface area contributed by atoms with E-state index in [2.05, 4.69) is 15.3 Å². The van der Waals surface area contributed by atoms with Gasteiger partial charge in [0.2, 0.25) is 0 Å². The second kappa shape index (κ2) is 6.87. The Morgan fingerprint density at radius 1 is 1.04 bits per heavy atom. The molecular weight excluding hydrogens is 370 g/mol. The summed E-state index contributed by atoms with van der Waals surface area (Å²) >= 11 is 4.45. The molecule has 25 heavy (non-hydrogen) atoms. The number of nitrogens with zero attached hydrogens (tertiary/aromatic N) is 2. The second-order valence-electron chi connectivity index (χ2n) is 5.30. The van der Waals surface area contributed by atoms with Crippen LogP contribution in [0.3, 0.4) is 0 Å². The van der Waals surface area contributed by atoms with Crippen molar-refractivity contribution in [3.8, 4) is 21.8 Å². The van der Waals surface area contributed by atoms with Crippen molar-refractivity contribution in [3.05, 3.63) is 63.1 Å². The van der Waals surface area contributed by atoms with E-state index < -0.39 is 0 Å². The van der Waals surface area contributed by atoms with Crippen LogP contribution in [0.2, 0.25) is 0 Å². The quantitative estimate of drug-likeness (QED) is 0.502. The van der Waals surface area contributed by atoms with E-state index in [4.69, 9.17) is 0 Å². The summed E-state index contributed by atoms with van der Waals surface area (Å²) in [5, 5.41) is 10.3. The first-order chi connectivity index (χ1) is 12.2. The van der Waals surface area contributed by atoms with Crippen molar-refractivity contribution < 1.29 is 4.79 Å². The van der Waals surface area contributed by atoms with Crippen molar-refractivity contribution in [1.29, 1.82) is 0 Å². The average molecular weight is 384 g/mol. The summed E-state index contributed by atoms with van der Waals surface area (Å²) in [6, 6.07) is 11.9. The number of benzene rings is 1. The largest absolute Gasteiger partial charge is 0.297 e. The van der Waals surface area contributed by atoms with Gasteiger partial charge in [-0.2, -0.15) is 11.3 Å². The van der Waals surface area contributed by atoms with Crippen molar-refractivity contribution in [2.45, 2.75) is 6.92 Å². The molecule has 0 aliphatic rings. The molecule has 3 aromatic heterocycles. The van der Waals surface area contributed by atoms with Gasteiger partial charge in [0.1, 0.15) is 9.88 Å². The number of aryl methyl sites for hydroxylation is 1. The molecule has 4 rings (SSSR count). The summed E-state index contributed by atoms with van der Waals surface area (Å²) < 4.78 is 0. The number of amides is 1. The van der Waals surface area contributed by atoms with Crippen LogP contribution in [0.5, 0.6) is 0 Å². The molecule has 0 unspecified atom stereocenters. The van der Waals surface area contributed by atoms with Gasteiger partial charge in [-0.05, 0) is 18.4 Å². The van der Waals surface area contributed by atoms with Gasteiger partial charge >= 0.3 is 0 Å². The molecule has 0 radical (unpaired) electrons. The molecule has 0 saturated heterocycles. The van der Waals surface area contributed by atoms with Gasteiger partial charge in [0.15, 0.2) is 5.13 Å². The number of anilines is 1. The number of hydrogen-bond acceptors (Lipinski definition) is 6. The lowest BCUT2D eigenvalue weighted by molar-refractivity contribution is 0.103. The molecule has 0 saturated carbocycles. The van der Waals surface area contributed by atoms with Crippen molar-refractivity contribution in [2.75, 3.05) is 5.32 Å². The molecule has 1 aromatic carbocycles. The Labute approximate surface area is 156 Å². The lowest BCUT2D eigenvalue weighted by atomic mass is 10.2. The summed E-state index contributed by atoms with van der Waals surface area (Å²) in [6.07, 6.45) is 0. The van der Waals surface area contributed by atoms with Gasteiger partial charge in [0, 0.05) is 21.9 Å². The van der Waals surface area contributed by atoms with Gasteiger partial charge in [-0.15, -0.1) is 22.7 Å². The highest BCUT2D eigenvalue weighted by molar-refractivity contribution is 7.18. The highest BCUT2D eigenvalue weighted by Gasteiger charge is 2.18. The number of hydrogen-bond donors (Lipinski definition) is 1. The number of aromatic nitrogens is 2. The molecule has 3 heterocycles. The van der Waals surface area contributed by atoms with Crippen LogP contribution >= 0.6 is 34.0 Å². The van der Waals surface area contributed by atoms with Crippen LogP contribution in [0.25, 0.3) is 21.8 Å². The van der Waals surface area contributed by atoms with Crippen molar-refractivity contribution >= 4 is 45.0 Å². The van der Waals surface area contributed by atoms with E-state index in [-0.39, 0.29) is 5.91 Å². The minimum absolute atomic E-state index is 0.162. The van der Waals surface area contributed by atoms with Gasteiger partial charge in [-0.25, -0.2) is 9.97 Å². The Morgan fingerprint density at radius 2 is 1.88 bits per heavy atom. The molecule has 0 bridgehead atoms. The molecule has 7 heteroatoms. The first-order valence-corrected chi connectivity index (χ1v) is 10.2. The zero-order valence-corrected chi connectivity index (χ0v) is 15.7. The monoisotopic (exact) mass is 383 g/mol. The van der Waals surface area contributed by atoms with Crippen LogP contribution < -0.4 is 5.32 Å². The maximum atomic E-state index is 12.6. The van der Waals surface area contributed by atoms with E-state index in [1.807, 2.05) is 59.5 Å². The third kappa shape index (κ3) is 3.39. The normalized spacial score (nSPS) is 10.8. The molecule has 0 aliphatic carbocycles. The Balaban J connectivity index is 1.54. The van der Waals surface area contributed by atoms with E-state index in [1.54, 1.807) is 11.3 Å². The van der Waals surface area contributed by atoms with Crippen LogP contribution in [-0.2, 0) is 0 Å². The maximum Gasteiger partial charge on any atom is 0.269 e. The minimum atomic E-state index is -0.162. The van der Waals surface area contributed by atoms with Crippen LogP contribution in [-0.4, -0.2) is 15.9 Å². The number of carbonyl (C=O) groups excluding carboxylic acids is 1. The van der Waals surface area contributed by atoms with Gasteiger partial charge in [-0.3, -0.25) is 10.1 Å². The molecule has 124 valence electrons. The summed E-state index contributed by atoms with van der Waals surface area (Å²) in [4.78, 5) is 22.2. The number of thiophene rings is 1.